The van der Waals surface area contributed by atoms with Crippen molar-refractivity contribution < 1.29 is 14.7 Å². The summed E-state index contributed by atoms with van der Waals surface area (Å²) >= 11 is 3.27. The lowest BCUT2D eigenvalue weighted by molar-refractivity contribution is -0.137. The average molecular weight is 340 g/mol. The molecular weight excluding hydrogens is 326 g/mol. The van der Waals surface area contributed by atoms with E-state index in [2.05, 4.69) is 21.2 Å². The molecule has 0 atom stereocenters. The number of urea groups is 1. The zero-order chi connectivity index (χ0) is 15.1. The van der Waals surface area contributed by atoms with Gasteiger partial charge in [0.15, 0.2) is 0 Å². The number of halogens is 1. The highest BCUT2D eigenvalue weighted by Gasteiger charge is 2.12. The average Bonchev–Trinajstić information content (AvgIpc) is 2.38. The fourth-order valence-electron chi connectivity index (χ4n) is 1.50. The van der Waals surface area contributed by atoms with E-state index in [-0.39, 0.29) is 12.5 Å². The van der Waals surface area contributed by atoms with Crippen LogP contribution in [-0.2, 0) is 4.79 Å². The molecule has 106 valence electrons. The molecule has 0 radical (unpaired) electrons. The van der Waals surface area contributed by atoms with E-state index in [1.165, 1.54) is 4.90 Å². The van der Waals surface area contributed by atoms with Gasteiger partial charge >= 0.3 is 12.0 Å². The van der Waals surface area contributed by atoms with Crippen LogP contribution in [0, 0.1) is 11.3 Å². The fourth-order valence-corrected chi connectivity index (χ4v) is 1.86. The number of carboxylic acid groups (broad SMARTS) is 1. The minimum Gasteiger partial charge on any atom is -0.481 e. The summed E-state index contributed by atoms with van der Waals surface area (Å²) in [5.41, 5.74) is 0.775. The number of nitrogens with zero attached hydrogens (tertiary/aromatic N) is 2. The topological polar surface area (TPSA) is 93.4 Å². The molecule has 0 aliphatic heterocycles. The van der Waals surface area contributed by atoms with Gasteiger partial charge in [0.1, 0.15) is 6.07 Å². The first-order valence-corrected chi connectivity index (χ1v) is 6.67. The first kappa shape index (κ1) is 16.0. The zero-order valence-corrected chi connectivity index (χ0v) is 12.5. The second-order valence-electron chi connectivity index (χ2n) is 4.15. The summed E-state index contributed by atoms with van der Waals surface area (Å²) in [5, 5.41) is 20.1. The first-order valence-electron chi connectivity index (χ1n) is 5.87. The summed E-state index contributed by atoms with van der Waals surface area (Å²) in [7, 11) is 1.57. The Bertz CT molecular complexity index is 554. The van der Waals surface area contributed by atoms with Gasteiger partial charge in [0.2, 0.25) is 0 Å². The van der Waals surface area contributed by atoms with Crippen LogP contribution in [0.3, 0.4) is 0 Å². The minimum absolute atomic E-state index is 0.0119. The molecule has 0 saturated heterocycles. The van der Waals surface area contributed by atoms with Crippen LogP contribution < -0.4 is 5.32 Å². The molecule has 0 saturated carbocycles. The van der Waals surface area contributed by atoms with Crippen LogP contribution in [0.25, 0.3) is 0 Å². The molecule has 0 spiro atoms. The highest BCUT2D eigenvalue weighted by molar-refractivity contribution is 9.10. The molecule has 7 heteroatoms. The van der Waals surface area contributed by atoms with E-state index in [0.717, 1.165) is 4.47 Å². The second kappa shape index (κ2) is 7.50. The molecule has 2 amide bonds. The summed E-state index contributed by atoms with van der Waals surface area (Å²) in [6.07, 6.45) is 0.390. The molecule has 0 aromatic heterocycles. The van der Waals surface area contributed by atoms with Crippen molar-refractivity contribution in [3.8, 4) is 6.07 Å². The third-order valence-electron chi connectivity index (χ3n) is 2.57. The Kier molecular flexibility index (Phi) is 6.00. The van der Waals surface area contributed by atoms with Crippen molar-refractivity contribution in [3.63, 3.8) is 0 Å². The number of anilines is 1. The smallest absolute Gasteiger partial charge is 0.321 e. The van der Waals surface area contributed by atoms with Crippen molar-refractivity contribution in [2.75, 3.05) is 18.9 Å². The molecule has 1 rings (SSSR count). The Balaban J connectivity index is 2.64. The normalized spacial score (nSPS) is 9.65. The number of benzene rings is 1. The molecule has 20 heavy (non-hydrogen) atoms. The maximum absolute atomic E-state index is 11.9. The molecule has 0 aliphatic rings. The van der Waals surface area contributed by atoms with Crippen LogP contribution in [0.1, 0.15) is 18.4 Å². The van der Waals surface area contributed by atoms with Crippen molar-refractivity contribution in [3.05, 3.63) is 28.2 Å². The summed E-state index contributed by atoms with van der Waals surface area (Å²) < 4.78 is 0.750. The third kappa shape index (κ3) is 4.90. The van der Waals surface area contributed by atoms with Gasteiger partial charge in [0, 0.05) is 24.5 Å². The van der Waals surface area contributed by atoms with Crippen LogP contribution in [0.15, 0.2) is 22.7 Å². The number of nitriles is 1. The van der Waals surface area contributed by atoms with Crippen LogP contribution >= 0.6 is 15.9 Å². The molecular formula is C13H14BrN3O3. The van der Waals surface area contributed by atoms with E-state index < -0.39 is 5.97 Å². The van der Waals surface area contributed by atoms with E-state index in [9.17, 15) is 9.59 Å². The van der Waals surface area contributed by atoms with E-state index in [1.807, 2.05) is 6.07 Å². The van der Waals surface area contributed by atoms with Crippen LogP contribution in [0.4, 0.5) is 10.5 Å². The standard InChI is InChI=1S/C13H14BrN3O3/c1-17(6-2-3-12(18)19)13(20)16-11-7-10(14)5-4-9(11)8-15/h4-5,7H,2-3,6H2,1H3,(H,16,20)(H,18,19). The maximum atomic E-state index is 11.9. The van der Waals surface area contributed by atoms with E-state index in [0.29, 0.717) is 24.2 Å². The van der Waals surface area contributed by atoms with Crippen molar-refractivity contribution in [2.45, 2.75) is 12.8 Å². The van der Waals surface area contributed by atoms with E-state index >= 15 is 0 Å². The molecule has 0 fully saturated rings. The third-order valence-corrected chi connectivity index (χ3v) is 3.07. The lowest BCUT2D eigenvalue weighted by atomic mass is 10.2. The number of aliphatic carboxylic acids is 1. The van der Waals surface area contributed by atoms with E-state index in [1.54, 1.807) is 25.2 Å². The lowest BCUT2D eigenvalue weighted by Gasteiger charge is -2.18. The highest BCUT2D eigenvalue weighted by atomic mass is 79.9. The molecule has 0 unspecified atom stereocenters. The fraction of sp³-hybridized carbons (Fsp3) is 0.308. The van der Waals surface area contributed by atoms with E-state index in [4.69, 9.17) is 10.4 Å². The summed E-state index contributed by atoms with van der Waals surface area (Å²) in [4.78, 5) is 23.7. The maximum Gasteiger partial charge on any atom is 0.321 e. The van der Waals surface area contributed by atoms with Crippen molar-refractivity contribution >= 4 is 33.6 Å². The molecule has 0 bridgehead atoms. The zero-order valence-electron chi connectivity index (χ0n) is 10.9. The van der Waals surface area contributed by atoms with Crippen molar-refractivity contribution in [1.29, 1.82) is 5.26 Å². The van der Waals surface area contributed by atoms with Gasteiger partial charge in [-0.3, -0.25) is 4.79 Å². The van der Waals surface area contributed by atoms with Gasteiger partial charge in [-0.1, -0.05) is 15.9 Å². The highest BCUT2D eigenvalue weighted by Crippen LogP contribution is 2.21. The number of hydrogen-bond donors (Lipinski definition) is 2. The number of hydrogen-bond acceptors (Lipinski definition) is 3. The number of rotatable bonds is 5. The first-order chi connectivity index (χ1) is 9.43. The summed E-state index contributed by atoms with van der Waals surface area (Å²) in [5.74, 6) is -0.891. The number of nitrogens with one attached hydrogen (secondary N) is 1. The number of amides is 2. The minimum atomic E-state index is -0.891. The molecule has 6 nitrogen and oxygen atoms in total. The number of carboxylic acids is 1. The van der Waals surface area contributed by atoms with Gasteiger partial charge in [-0.05, 0) is 24.6 Å². The van der Waals surface area contributed by atoms with Gasteiger partial charge in [0.05, 0.1) is 11.3 Å². The predicted molar refractivity (Wildman–Crippen MR) is 77.4 cm³/mol. The Morgan fingerprint density at radius 2 is 2.20 bits per heavy atom. The van der Waals surface area contributed by atoms with Gasteiger partial charge in [-0.25, -0.2) is 4.79 Å². The van der Waals surface area contributed by atoms with Gasteiger partial charge in [0.25, 0.3) is 0 Å². The van der Waals surface area contributed by atoms with Gasteiger partial charge < -0.3 is 15.3 Å². The largest absolute Gasteiger partial charge is 0.481 e. The summed E-state index contributed by atoms with van der Waals surface area (Å²) in [6.45, 7) is 0.327. The SMILES string of the molecule is CN(CCCC(=O)O)C(=O)Nc1cc(Br)ccc1C#N. The predicted octanol–water partition coefficient (Wildman–Crippen LogP) is 2.65. The van der Waals surface area contributed by atoms with Crippen molar-refractivity contribution in [1.82, 2.24) is 4.90 Å². The molecule has 0 heterocycles. The Morgan fingerprint density at radius 1 is 1.50 bits per heavy atom. The molecule has 0 aliphatic carbocycles. The molecule has 1 aromatic carbocycles. The Morgan fingerprint density at radius 3 is 2.80 bits per heavy atom. The second-order valence-corrected chi connectivity index (χ2v) is 5.07. The van der Waals surface area contributed by atoms with Gasteiger partial charge in [-0.2, -0.15) is 5.26 Å². The van der Waals surface area contributed by atoms with Crippen LogP contribution in [0.5, 0.6) is 0 Å². The lowest BCUT2D eigenvalue weighted by Crippen LogP contribution is -2.32. The van der Waals surface area contributed by atoms with Crippen LogP contribution in [0.2, 0.25) is 0 Å². The number of carbonyl (C=O) groups is 2. The Labute approximate surface area is 125 Å². The summed E-state index contributed by atoms with van der Waals surface area (Å²) in [6, 6.07) is 6.56. The van der Waals surface area contributed by atoms with Gasteiger partial charge in [-0.15, -0.1) is 0 Å². The molecule has 1 aromatic rings. The van der Waals surface area contributed by atoms with Crippen LogP contribution in [-0.4, -0.2) is 35.6 Å². The number of carbonyl (C=O) groups excluding carboxylic acids is 1. The Hall–Kier alpha value is -2.07. The van der Waals surface area contributed by atoms with Crippen molar-refractivity contribution in [2.24, 2.45) is 0 Å². The molecule has 2 N–H and O–H groups in total. The monoisotopic (exact) mass is 339 g/mol. The quantitative estimate of drug-likeness (QED) is 0.862.